The van der Waals surface area contributed by atoms with Crippen LogP contribution in [0.3, 0.4) is 0 Å². The monoisotopic (exact) mass is 478 g/mol. The van der Waals surface area contributed by atoms with Gasteiger partial charge < -0.3 is 0 Å². The maximum atomic E-state index is 4.86. The van der Waals surface area contributed by atoms with E-state index in [0.717, 1.165) is 39.8 Å². The number of rotatable bonds is 7. The highest BCUT2D eigenvalue weighted by atomic mass is 32.2. The zero-order chi connectivity index (χ0) is 22.1. The van der Waals surface area contributed by atoms with Gasteiger partial charge >= 0.3 is 0 Å². The molecule has 5 rings (SSSR count). The molecule has 1 aliphatic carbocycles. The van der Waals surface area contributed by atoms with Crippen LogP contribution in [0.5, 0.6) is 0 Å². The van der Waals surface area contributed by atoms with E-state index in [9.17, 15) is 0 Å². The van der Waals surface area contributed by atoms with Gasteiger partial charge in [-0.1, -0.05) is 48.5 Å². The third-order valence-electron chi connectivity index (χ3n) is 5.84. The van der Waals surface area contributed by atoms with Gasteiger partial charge in [0.1, 0.15) is 5.01 Å². The van der Waals surface area contributed by atoms with Crippen LogP contribution in [-0.4, -0.2) is 19.7 Å². The Bertz CT molecular complexity index is 1250. The third-order valence-corrected chi connectivity index (χ3v) is 8.83. The second kappa shape index (κ2) is 9.33. The molecule has 0 fully saturated rings. The van der Waals surface area contributed by atoms with Crippen molar-refractivity contribution in [3.05, 3.63) is 69.4 Å². The largest absolute Gasteiger partial charge is 0.298 e. The van der Waals surface area contributed by atoms with Gasteiger partial charge in [0.05, 0.1) is 5.69 Å². The molecule has 1 unspecified atom stereocenters. The number of hydrogen-bond acceptors (Lipinski definition) is 6. The van der Waals surface area contributed by atoms with Gasteiger partial charge in [0.2, 0.25) is 0 Å². The standard InChI is InChI=1S/C25H26N4S3/c1-4-10-29-23(21-15-30-22-12-17(3)8-9-20(21)22)27-28-25(29)32-14-19-13-31-24(26-19)18-7-5-6-16(2)11-18/h4-7,11,13,15,17H,1,8-10,12,14H2,2-3H3. The van der Waals surface area contributed by atoms with Crippen LogP contribution in [0.4, 0.5) is 0 Å². The quantitative estimate of drug-likeness (QED) is 0.211. The summed E-state index contributed by atoms with van der Waals surface area (Å²) in [5, 5.41) is 15.6. The number of benzene rings is 1. The molecule has 3 aromatic heterocycles. The molecule has 1 aromatic carbocycles. The molecule has 3 heterocycles. The SMILES string of the molecule is C=CCn1c(SCc2csc(-c3cccc(C)c3)n2)nnc1-c1csc2c1CCC(C)C2. The second-order valence-corrected chi connectivity index (χ2v) is 11.2. The van der Waals surface area contributed by atoms with E-state index >= 15 is 0 Å². The minimum atomic E-state index is 0.706. The topological polar surface area (TPSA) is 43.6 Å². The Labute approximate surface area is 201 Å². The minimum absolute atomic E-state index is 0.706. The van der Waals surface area contributed by atoms with Gasteiger partial charge in [-0.15, -0.1) is 39.4 Å². The first-order chi connectivity index (χ1) is 15.6. The van der Waals surface area contributed by atoms with E-state index < -0.39 is 0 Å². The Morgan fingerprint density at radius 1 is 1.25 bits per heavy atom. The van der Waals surface area contributed by atoms with Crippen molar-refractivity contribution in [3.63, 3.8) is 0 Å². The molecule has 0 radical (unpaired) electrons. The number of nitrogens with zero attached hydrogens (tertiary/aromatic N) is 4. The summed E-state index contributed by atoms with van der Waals surface area (Å²) in [5.74, 6) is 2.52. The molecule has 0 aliphatic heterocycles. The van der Waals surface area contributed by atoms with Gasteiger partial charge in [0.15, 0.2) is 11.0 Å². The van der Waals surface area contributed by atoms with Gasteiger partial charge in [-0.2, -0.15) is 0 Å². The number of aromatic nitrogens is 4. The molecule has 0 N–H and O–H groups in total. The maximum absolute atomic E-state index is 4.86. The van der Waals surface area contributed by atoms with Crippen molar-refractivity contribution in [2.45, 2.75) is 50.6 Å². The normalized spacial score (nSPS) is 15.6. The Kier molecular flexibility index (Phi) is 6.31. The number of allylic oxidation sites excluding steroid dienone is 1. The van der Waals surface area contributed by atoms with Crippen LogP contribution < -0.4 is 0 Å². The molecule has 1 atom stereocenters. The predicted octanol–water partition coefficient (Wildman–Crippen LogP) is 7.04. The Balaban J connectivity index is 1.37. The lowest BCUT2D eigenvalue weighted by Gasteiger charge is -2.19. The lowest BCUT2D eigenvalue weighted by Crippen LogP contribution is -2.10. The number of aryl methyl sites for hydroxylation is 1. The average Bonchev–Trinajstić information content (AvgIpc) is 3.51. The highest BCUT2D eigenvalue weighted by Crippen LogP contribution is 2.38. The number of fused-ring (bicyclic) bond motifs is 1. The van der Waals surface area contributed by atoms with E-state index in [1.54, 1.807) is 23.1 Å². The molecule has 0 bridgehead atoms. The summed E-state index contributed by atoms with van der Waals surface area (Å²) in [4.78, 5) is 6.38. The molecular formula is C25H26N4S3. The van der Waals surface area contributed by atoms with Crippen LogP contribution in [0.15, 0.2) is 52.8 Å². The van der Waals surface area contributed by atoms with Crippen molar-refractivity contribution < 1.29 is 0 Å². The summed E-state index contributed by atoms with van der Waals surface area (Å²) < 4.78 is 2.20. The summed E-state index contributed by atoms with van der Waals surface area (Å²) in [5.41, 5.74) is 6.25. The van der Waals surface area contributed by atoms with Crippen LogP contribution >= 0.6 is 34.4 Å². The van der Waals surface area contributed by atoms with Crippen molar-refractivity contribution >= 4 is 34.4 Å². The molecule has 7 heteroatoms. The van der Waals surface area contributed by atoms with Crippen molar-refractivity contribution in [2.24, 2.45) is 5.92 Å². The van der Waals surface area contributed by atoms with Crippen molar-refractivity contribution in [1.82, 2.24) is 19.7 Å². The third kappa shape index (κ3) is 4.34. The number of hydrogen-bond donors (Lipinski definition) is 0. The Hall–Kier alpha value is -2.22. The summed E-state index contributed by atoms with van der Waals surface area (Å²) >= 11 is 5.27. The lowest BCUT2D eigenvalue weighted by molar-refractivity contribution is 0.508. The molecule has 164 valence electrons. The Morgan fingerprint density at radius 2 is 2.16 bits per heavy atom. The molecule has 32 heavy (non-hydrogen) atoms. The van der Waals surface area contributed by atoms with Gasteiger partial charge in [0.25, 0.3) is 0 Å². The smallest absolute Gasteiger partial charge is 0.192 e. The van der Waals surface area contributed by atoms with Crippen LogP contribution in [0.1, 0.15) is 35.0 Å². The van der Waals surface area contributed by atoms with E-state index in [-0.39, 0.29) is 0 Å². The van der Waals surface area contributed by atoms with Crippen LogP contribution in [0.2, 0.25) is 0 Å². The first-order valence-electron chi connectivity index (χ1n) is 10.9. The van der Waals surface area contributed by atoms with Gasteiger partial charge in [-0.25, -0.2) is 4.98 Å². The molecule has 0 amide bonds. The summed E-state index contributed by atoms with van der Waals surface area (Å²) in [6.07, 6.45) is 5.50. The zero-order valence-electron chi connectivity index (χ0n) is 18.4. The van der Waals surface area contributed by atoms with Gasteiger partial charge in [-0.3, -0.25) is 4.57 Å². The van der Waals surface area contributed by atoms with E-state index in [4.69, 9.17) is 4.98 Å². The lowest BCUT2D eigenvalue weighted by atomic mass is 9.88. The number of thioether (sulfide) groups is 1. The fourth-order valence-corrected chi connectivity index (χ4v) is 7.18. The van der Waals surface area contributed by atoms with Crippen molar-refractivity contribution in [3.8, 4) is 22.0 Å². The van der Waals surface area contributed by atoms with E-state index in [1.165, 1.54) is 40.0 Å². The molecular weight excluding hydrogens is 453 g/mol. The van der Waals surface area contributed by atoms with E-state index in [2.05, 4.69) is 70.2 Å². The first kappa shape index (κ1) is 21.6. The number of thiazole rings is 1. The van der Waals surface area contributed by atoms with Crippen molar-refractivity contribution in [1.29, 1.82) is 0 Å². The van der Waals surface area contributed by atoms with Crippen LogP contribution in [-0.2, 0) is 25.1 Å². The first-order valence-corrected chi connectivity index (χ1v) is 13.6. The average molecular weight is 479 g/mol. The Morgan fingerprint density at radius 3 is 3.00 bits per heavy atom. The number of thiophene rings is 1. The van der Waals surface area contributed by atoms with Crippen molar-refractivity contribution in [2.75, 3.05) is 0 Å². The summed E-state index contributed by atoms with van der Waals surface area (Å²) in [6.45, 7) is 9.13. The summed E-state index contributed by atoms with van der Waals surface area (Å²) in [7, 11) is 0. The highest BCUT2D eigenvalue weighted by molar-refractivity contribution is 7.98. The molecule has 1 aliphatic rings. The maximum Gasteiger partial charge on any atom is 0.192 e. The molecule has 0 saturated heterocycles. The zero-order valence-corrected chi connectivity index (χ0v) is 20.8. The van der Waals surface area contributed by atoms with E-state index in [1.807, 2.05) is 17.4 Å². The van der Waals surface area contributed by atoms with Gasteiger partial charge in [-0.05, 0) is 43.7 Å². The minimum Gasteiger partial charge on any atom is -0.298 e. The predicted molar refractivity (Wildman–Crippen MR) is 137 cm³/mol. The van der Waals surface area contributed by atoms with Gasteiger partial charge in [0, 0.05) is 39.1 Å². The highest BCUT2D eigenvalue weighted by Gasteiger charge is 2.24. The molecule has 0 spiro atoms. The summed E-state index contributed by atoms with van der Waals surface area (Å²) in [6, 6.07) is 8.51. The van der Waals surface area contributed by atoms with Crippen LogP contribution in [0, 0.1) is 12.8 Å². The fourth-order valence-electron chi connectivity index (χ4n) is 4.18. The second-order valence-electron chi connectivity index (χ2n) is 8.41. The molecule has 0 saturated carbocycles. The fraction of sp³-hybridized carbons (Fsp3) is 0.320. The molecule has 4 nitrogen and oxygen atoms in total. The van der Waals surface area contributed by atoms with Crippen LogP contribution in [0.25, 0.3) is 22.0 Å². The van der Waals surface area contributed by atoms with E-state index in [0.29, 0.717) is 6.54 Å². The molecule has 4 aromatic rings.